The zero-order valence-electron chi connectivity index (χ0n) is 7.37. The fourth-order valence-corrected chi connectivity index (χ4v) is 1.30. The lowest BCUT2D eigenvalue weighted by molar-refractivity contribution is 0.341. The number of aromatic amines is 1. The average molecular weight is 177 g/mol. The molecule has 2 aromatic rings. The maximum Gasteiger partial charge on any atom is 0.123 e. The highest BCUT2D eigenvalue weighted by atomic mass is 16.5. The molecule has 2 rings (SSSR count). The van der Waals surface area contributed by atoms with Gasteiger partial charge in [-0.1, -0.05) is 0 Å². The average Bonchev–Trinajstić information content (AvgIpc) is 2.53. The molecule has 0 aliphatic heterocycles. The van der Waals surface area contributed by atoms with Gasteiger partial charge in [-0.05, 0) is 6.92 Å². The maximum absolute atomic E-state index is 5.77. The van der Waals surface area contributed by atoms with Gasteiger partial charge in [-0.15, -0.1) is 0 Å². The summed E-state index contributed by atoms with van der Waals surface area (Å²) in [6, 6.07) is 3.68. The van der Waals surface area contributed by atoms with Crippen molar-refractivity contribution in [3.63, 3.8) is 0 Å². The third-order valence-electron chi connectivity index (χ3n) is 1.84. The molecule has 0 spiro atoms. The van der Waals surface area contributed by atoms with Crippen molar-refractivity contribution >= 4 is 16.7 Å². The summed E-state index contributed by atoms with van der Waals surface area (Å²) in [5.74, 6) is 0.775. The van der Waals surface area contributed by atoms with Crippen molar-refractivity contribution < 1.29 is 4.74 Å². The zero-order valence-corrected chi connectivity index (χ0v) is 7.37. The Morgan fingerprint density at radius 2 is 2.38 bits per heavy atom. The van der Waals surface area contributed by atoms with E-state index in [0.29, 0.717) is 12.3 Å². The number of imidazole rings is 1. The van der Waals surface area contributed by atoms with E-state index in [2.05, 4.69) is 9.97 Å². The molecule has 0 radical (unpaired) electrons. The van der Waals surface area contributed by atoms with Crippen molar-refractivity contribution in [1.29, 1.82) is 0 Å². The summed E-state index contributed by atoms with van der Waals surface area (Å²) in [4.78, 5) is 7.07. The lowest BCUT2D eigenvalue weighted by Crippen LogP contribution is -1.93. The lowest BCUT2D eigenvalue weighted by Gasteiger charge is -2.03. The largest absolute Gasteiger partial charge is 0.494 e. The third kappa shape index (κ3) is 1.30. The van der Waals surface area contributed by atoms with E-state index in [9.17, 15) is 0 Å². The number of ether oxygens (including phenoxy) is 1. The van der Waals surface area contributed by atoms with Crippen LogP contribution in [0.15, 0.2) is 18.5 Å². The standard InChI is InChI=1S/C9H11N3O/c1-2-13-6-3-7(10)9-8(4-6)11-5-12-9/h3-5H,2,10H2,1H3,(H,11,12). The first-order valence-corrected chi connectivity index (χ1v) is 4.16. The van der Waals surface area contributed by atoms with E-state index in [-0.39, 0.29) is 0 Å². The fraction of sp³-hybridized carbons (Fsp3) is 0.222. The number of nitrogen functional groups attached to an aromatic ring is 1. The highest BCUT2D eigenvalue weighted by Gasteiger charge is 2.03. The first-order valence-electron chi connectivity index (χ1n) is 4.16. The van der Waals surface area contributed by atoms with Gasteiger partial charge in [0.2, 0.25) is 0 Å². The van der Waals surface area contributed by atoms with E-state index < -0.39 is 0 Å². The smallest absolute Gasteiger partial charge is 0.123 e. The first-order chi connectivity index (χ1) is 6.31. The molecule has 1 heterocycles. The minimum absolute atomic E-state index is 0.638. The molecule has 0 unspecified atom stereocenters. The Bertz CT molecular complexity index is 422. The Labute approximate surface area is 75.7 Å². The van der Waals surface area contributed by atoms with E-state index in [0.717, 1.165) is 16.8 Å². The molecule has 13 heavy (non-hydrogen) atoms. The summed E-state index contributed by atoms with van der Waals surface area (Å²) >= 11 is 0. The number of anilines is 1. The highest BCUT2D eigenvalue weighted by molar-refractivity contribution is 5.88. The van der Waals surface area contributed by atoms with Crippen LogP contribution < -0.4 is 10.5 Å². The van der Waals surface area contributed by atoms with E-state index in [4.69, 9.17) is 10.5 Å². The van der Waals surface area contributed by atoms with Crippen LogP contribution in [0.25, 0.3) is 11.0 Å². The van der Waals surface area contributed by atoms with E-state index in [1.807, 2.05) is 13.0 Å². The van der Waals surface area contributed by atoms with Crippen molar-refractivity contribution in [2.24, 2.45) is 0 Å². The van der Waals surface area contributed by atoms with Crippen LogP contribution in [0.3, 0.4) is 0 Å². The van der Waals surface area contributed by atoms with Gasteiger partial charge in [0.25, 0.3) is 0 Å². The van der Waals surface area contributed by atoms with Crippen molar-refractivity contribution in [2.75, 3.05) is 12.3 Å². The van der Waals surface area contributed by atoms with Crippen LogP contribution in [-0.2, 0) is 0 Å². The van der Waals surface area contributed by atoms with Crippen LogP contribution in [0.5, 0.6) is 5.75 Å². The minimum atomic E-state index is 0.638. The van der Waals surface area contributed by atoms with Crippen molar-refractivity contribution in [1.82, 2.24) is 9.97 Å². The molecule has 4 nitrogen and oxygen atoms in total. The third-order valence-corrected chi connectivity index (χ3v) is 1.84. The molecular weight excluding hydrogens is 166 g/mol. The molecule has 0 fully saturated rings. The number of benzene rings is 1. The summed E-state index contributed by atoms with van der Waals surface area (Å²) in [6.45, 7) is 2.58. The van der Waals surface area contributed by atoms with Gasteiger partial charge in [0.1, 0.15) is 11.3 Å². The predicted octanol–water partition coefficient (Wildman–Crippen LogP) is 1.54. The molecule has 0 aliphatic carbocycles. The van der Waals surface area contributed by atoms with Gasteiger partial charge in [-0.25, -0.2) is 4.98 Å². The van der Waals surface area contributed by atoms with Gasteiger partial charge in [-0.2, -0.15) is 0 Å². The molecule has 0 atom stereocenters. The lowest BCUT2D eigenvalue weighted by atomic mass is 10.2. The van der Waals surface area contributed by atoms with Crippen LogP contribution in [0.2, 0.25) is 0 Å². The predicted molar refractivity (Wildman–Crippen MR) is 51.7 cm³/mol. The Morgan fingerprint density at radius 1 is 1.54 bits per heavy atom. The summed E-state index contributed by atoms with van der Waals surface area (Å²) in [5.41, 5.74) is 8.11. The summed E-state index contributed by atoms with van der Waals surface area (Å²) in [7, 11) is 0. The monoisotopic (exact) mass is 177 g/mol. The van der Waals surface area contributed by atoms with Crippen LogP contribution in [0.1, 0.15) is 6.92 Å². The molecule has 0 aliphatic rings. The van der Waals surface area contributed by atoms with Crippen molar-refractivity contribution in [2.45, 2.75) is 6.92 Å². The Kier molecular flexibility index (Phi) is 1.81. The number of hydrogen-bond donors (Lipinski definition) is 2. The summed E-state index contributed by atoms with van der Waals surface area (Å²) in [5, 5.41) is 0. The normalized spacial score (nSPS) is 10.5. The molecule has 68 valence electrons. The Balaban J connectivity index is 2.56. The maximum atomic E-state index is 5.77. The molecular formula is C9H11N3O. The Hall–Kier alpha value is -1.71. The van der Waals surface area contributed by atoms with Gasteiger partial charge in [-0.3, -0.25) is 0 Å². The van der Waals surface area contributed by atoms with Gasteiger partial charge in [0, 0.05) is 12.1 Å². The Morgan fingerprint density at radius 3 is 3.15 bits per heavy atom. The van der Waals surface area contributed by atoms with Gasteiger partial charge in [0.15, 0.2) is 0 Å². The molecule has 0 amide bonds. The quantitative estimate of drug-likeness (QED) is 0.684. The topological polar surface area (TPSA) is 63.9 Å². The molecule has 0 saturated heterocycles. The van der Waals surface area contributed by atoms with Crippen LogP contribution in [-0.4, -0.2) is 16.6 Å². The van der Waals surface area contributed by atoms with E-state index in [1.54, 1.807) is 12.4 Å². The van der Waals surface area contributed by atoms with Gasteiger partial charge < -0.3 is 15.5 Å². The highest BCUT2D eigenvalue weighted by Crippen LogP contribution is 2.24. The minimum Gasteiger partial charge on any atom is -0.494 e. The molecule has 0 bridgehead atoms. The van der Waals surface area contributed by atoms with Crippen molar-refractivity contribution in [3.8, 4) is 5.75 Å². The first kappa shape index (κ1) is 7.91. The number of nitrogens with two attached hydrogens (primary N) is 1. The second-order valence-corrected chi connectivity index (χ2v) is 2.74. The zero-order chi connectivity index (χ0) is 9.26. The summed E-state index contributed by atoms with van der Waals surface area (Å²) in [6.07, 6.45) is 1.62. The van der Waals surface area contributed by atoms with E-state index in [1.165, 1.54) is 0 Å². The second kappa shape index (κ2) is 2.97. The molecule has 0 saturated carbocycles. The van der Waals surface area contributed by atoms with Crippen molar-refractivity contribution in [3.05, 3.63) is 18.5 Å². The van der Waals surface area contributed by atoms with Crippen LogP contribution >= 0.6 is 0 Å². The van der Waals surface area contributed by atoms with Crippen LogP contribution in [0.4, 0.5) is 5.69 Å². The number of H-pyrrole nitrogens is 1. The molecule has 4 heteroatoms. The molecule has 1 aromatic heterocycles. The summed E-state index contributed by atoms with van der Waals surface area (Å²) < 4.78 is 5.34. The molecule has 1 aromatic carbocycles. The molecule has 3 N–H and O–H groups in total. The van der Waals surface area contributed by atoms with E-state index >= 15 is 0 Å². The van der Waals surface area contributed by atoms with Crippen LogP contribution in [0, 0.1) is 0 Å². The number of nitrogens with zero attached hydrogens (tertiary/aromatic N) is 1. The van der Waals surface area contributed by atoms with Gasteiger partial charge >= 0.3 is 0 Å². The number of fused-ring (bicyclic) bond motifs is 1. The van der Waals surface area contributed by atoms with Gasteiger partial charge in [0.05, 0.1) is 24.1 Å². The SMILES string of the molecule is CCOc1cc(N)c2nc[nH]c2c1. The number of aromatic nitrogens is 2. The number of rotatable bonds is 2. The fourth-order valence-electron chi connectivity index (χ4n) is 1.30. The second-order valence-electron chi connectivity index (χ2n) is 2.74. The number of nitrogens with one attached hydrogen (secondary N) is 1. The number of hydrogen-bond acceptors (Lipinski definition) is 3.